The number of carbonyl (C=O) groups excluding carboxylic acids is 2. The minimum atomic E-state index is -1.38. The quantitative estimate of drug-likeness (QED) is 0.481. The van der Waals surface area contributed by atoms with Gasteiger partial charge < -0.3 is 15.6 Å². The summed E-state index contributed by atoms with van der Waals surface area (Å²) in [6.45, 7) is 1.28. The van der Waals surface area contributed by atoms with Crippen LogP contribution in [0.2, 0.25) is 0 Å². The molecule has 0 heterocycles. The number of hydrogen-bond acceptors (Lipinski definition) is 4. The van der Waals surface area contributed by atoms with Crippen LogP contribution in [0.1, 0.15) is 13.3 Å². The van der Waals surface area contributed by atoms with Crippen LogP contribution in [0.4, 0.5) is 0 Å². The van der Waals surface area contributed by atoms with E-state index in [2.05, 4.69) is 0 Å². The van der Waals surface area contributed by atoms with Gasteiger partial charge in [-0.25, -0.2) is 0 Å². The maximum absolute atomic E-state index is 10.2. The second-order valence-corrected chi connectivity index (χ2v) is 1.83. The minimum absolute atomic E-state index is 0.150. The van der Waals surface area contributed by atoms with Crippen LogP contribution in [0.5, 0.6) is 0 Å². The zero-order valence-electron chi connectivity index (χ0n) is 5.09. The van der Waals surface area contributed by atoms with Crippen LogP contribution in [0.3, 0.4) is 0 Å². The van der Waals surface area contributed by atoms with Gasteiger partial charge in [-0.15, -0.1) is 0 Å². The smallest absolute Gasteiger partial charge is 0.131 e. The summed E-state index contributed by atoms with van der Waals surface area (Å²) in [6.07, 6.45) is -0.150. The fraction of sp³-hybridized carbons (Fsp3) is 0.600. The number of nitrogens with two attached hydrogens (primary N) is 1. The third-order valence-electron chi connectivity index (χ3n) is 0.810. The lowest BCUT2D eigenvalue weighted by atomic mass is 10.2. The fourth-order valence-electron chi connectivity index (χ4n) is 0.393. The van der Waals surface area contributed by atoms with E-state index in [-0.39, 0.29) is 12.2 Å². The molecule has 4 heteroatoms. The van der Waals surface area contributed by atoms with Crippen LogP contribution < -0.4 is 10.8 Å². The van der Waals surface area contributed by atoms with E-state index in [4.69, 9.17) is 5.73 Å². The van der Waals surface area contributed by atoms with Crippen molar-refractivity contribution in [2.45, 2.75) is 19.4 Å². The van der Waals surface area contributed by atoms with Gasteiger partial charge in [-0.3, -0.25) is 4.79 Å². The molecule has 0 fully saturated rings. The summed E-state index contributed by atoms with van der Waals surface area (Å²) in [7, 11) is 0. The fourth-order valence-corrected chi connectivity index (χ4v) is 0.393. The summed E-state index contributed by atoms with van der Waals surface area (Å²) < 4.78 is 0. The monoisotopic (exact) mass is 130 g/mol. The molecule has 0 aliphatic heterocycles. The van der Waals surface area contributed by atoms with E-state index in [1.807, 2.05) is 0 Å². The molecule has 0 aliphatic carbocycles. The number of Topliss-reactive ketones (excluding diaryl/α,β-unsaturated/α-hetero) is 1. The third kappa shape index (κ3) is 3.66. The first-order valence-electron chi connectivity index (χ1n) is 2.50. The molecular formula is C5H8NO3-. The van der Waals surface area contributed by atoms with Crippen molar-refractivity contribution in [2.24, 2.45) is 5.73 Å². The Balaban J connectivity index is 3.63. The summed E-state index contributed by atoms with van der Waals surface area (Å²) in [5.74, 6) is -1.63. The van der Waals surface area contributed by atoms with Crippen molar-refractivity contribution in [3.8, 4) is 0 Å². The van der Waals surface area contributed by atoms with Gasteiger partial charge in [-0.05, 0) is 6.92 Å². The van der Waals surface area contributed by atoms with Gasteiger partial charge in [-0.1, -0.05) is 0 Å². The molecular weight excluding hydrogens is 122 g/mol. The zero-order chi connectivity index (χ0) is 7.44. The highest BCUT2D eigenvalue weighted by Gasteiger charge is 2.04. The van der Waals surface area contributed by atoms with E-state index in [9.17, 15) is 14.7 Å². The number of rotatable bonds is 3. The van der Waals surface area contributed by atoms with Crippen molar-refractivity contribution in [3.05, 3.63) is 0 Å². The lowest BCUT2D eigenvalue weighted by Gasteiger charge is -2.08. The number of ketones is 1. The van der Waals surface area contributed by atoms with Crippen LogP contribution in [0, 0.1) is 0 Å². The van der Waals surface area contributed by atoms with Gasteiger partial charge in [0.05, 0.1) is 12.0 Å². The molecule has 0 amide bonds. The molecule has 0 saturated carbocycles. The van der Waals surface area contributed by atoms with E-state index in [1.165, 1.54) is 6.92 Å². The van der Waals surface area contributed by atoms with Crippen molar-refractivity contribution in [2.75, 3.05) is 0 Å². The summed E-state index contributed by atoms with van der Waals surface area (Å²) in [5.41, 5.74) is 4.93. The van der Waals surface area contributed by atoms with Gasteiger partial charge in [0.2, 0.25) is 0 Å². The first kappa shape index (κ1) is 8.10. The van der Waals surface area contributed by atoms with Crippen molar-refractivity contribution < 1.29 is 14.7 Å². The van der Waals surface area contributed by atoms with Crippen molar-refractivity contribution in [3.63, 3.8) is 0 Å². The van der Waals surface area contributed by atoms with Crippen molar-refractivity contribution in [1.29, 1.82) is 0 Å². The number of carboxylic acids is 1. The Bertz CT molecular complexity index is 132. The zero-order valence-corrected chi connectivity index (χ0v) is 5.09. The average Bonchev–Trinajstić information content (AvgIpc) is 1.63. The normalized spacial score (nSPS) is 12.7. The molecule has 0 aliphatic rings. The summed E-state index contributed by atoms with van der Waals surface area (Å²) in [5, 5.41) is 9.85. The predicted molar refractivity (Wildman–Crippen MR) is 28.3 cm³/mol. The molecule has 0 bridgehead atoms. The maximum atomic E-state index is 10.2. The average molecular weight is 130 g/mol. The first-order valence-corrected chi connectivity index (χ1v) is 2.50. The Kier molecular flexibility index (Phi) is 2.87. The second kappa shape index (κ2) is 3.19. The summed E-state index contributed by atoms with van der Waals surface area (Å²) in [6, 6.07) is -1.15. The highest BCUT2D eigenvalue weighted by atomic mass is 16.4. The van der Waals surface area contributed by atoms with Crippen molar-refractivity contribution >= 4 is 11.8 Å². The summed E-state index contributed by atoms with van der Waals surface area (Å²) >= 11 is 0. The summed E-state index contributed by atoms with van der Waals surface area (Å²) in [4.78, 5) is 20.0. The van der Waals surface area contributed by atoms with Gasteiger partial charge in [0.25, 0.3) is 0 Å². The standard InChI is InChI=1S/C5H9NO3/c1-3(7)2-4(6)5(8)9/h4H,2,6H2,1H3,(H,8,9)/p-1. The number of carbonyl (C=O) groups is 2. The van der Waals surface area contributed by atoms with Gasteiger partial charge in [0.15, 0.2) is 0 Å². The number of hydrogen-bond donors (Lipinski definition) is 1. The van der Waals surface area contributed by atoms with Gasteiger partial charge in [0.1, 0.15) is 5.78 Å². The van der Waals surface area contributed by atoms with Crippen LogP contribution in [0.15, 0.2) is 0 Å². The van der Waals surface area contributed by atoms with Crippen LogP contribution in [-0.2, 0) is 9.59 Å². The predicted octanol–water partition coefficient (Wildman–Crippen LogP) is -1.96. The molecule has 0 rings (SSSR count). The first-order chi connectivity index (χ1) is 4.04. The molecule has 9 heavy (non-hydrogen) atoms. The Morgan fingerprint density at radius 2 is 2.11 bits per heavy atom. The molecule has 1 atom stereocenters. The van der Waals surface area contributed by atoms with Crippen LogP contribution in [0.25, 0.3) is 0 Å². The SMILES string of the molecule is CC(=O)CC(N)C(=O)[O-]. The Hall–Kier alpha value is -0.900. The van der Waals surface area contributed by atoms with Gasteiger partial charge in [-0.2, -0.15) is 0 Å². The molecule has 0 radical (unpaired) electrons. The van der Waals surface area contributed by atoms with E-state index in [1.54, 1.807) is 0 Å². The lowest BCUT2D eigenvalue weighted by Crippen LogP contribution is -2.42. The van der Waals surface area contributed by atoms with Crippen molar-refractivity contribution in [1.82, 2.24) is 0 Å². The third-order valence-corrected chi connectivity index (χ3v) is 0.810. The molecule has 0 aromatic heterocycles. The van der Waals surface area contributed by atoms with E-state index < -0.39 is 12.0 Å². The highest BCUT2D eigenvalue weighted by molar-refractivity contribution is 5.83. The Morgan fingerprint density at radius 3 is 2.22 bits per heavy atom. The highest BCUT2D eigenvalue weighted by Crippen LogP contribution is 1.86. The second-order valence-electron chi connectivity index (χ2n) is 1.83. The van der Waals surface area contributed by atoms with E-state index in [0.717, 1.165) is 0 Å². The molecule has 0 aromatic carbocycles. The largest absolute Gasteiger partial charge is 0.548 e. The molecule has 0 saturated heterocycles. The number of aliphatic carboxylic acids is 1. The lowest BCUT2D eigenvalue weighted by molar-refractivity contribution is -0.307. The molecule has 4 nitrogen and oxygen atoms in total. The topological polar surface area (TPSA) is 83.2 Å². The molecule has 1 unspecified atom stereocenters. The minimum Gasteiger partial charge on any atom is -0.548 e. The molecule has 2 N–H and O–H groups in total. The van der Waals surface area contributed by atoms with Gasteiger partial charge >= 0.3 is 0 Å². The Labute approximate surface area is 52.7 Å². The molecule has 0 spiro atoms. The van der Waals surface area contributed by atoms with Gasteiger partial charge in [0, 0.05) is 6.42 Å². The Morgan fingerprint density at radius 1 is 1.67 bits per heavy atom. The van der Waals surface area contributed by atoms with E-state index >= 15 is 0 Å². The molecule has 0 aromatic rings. The van der Waals surface area contributed by atoms with Crippen LogP contribution in [-0.4, -0.2) is 17.8 Å². The maximum Gasteiger partial charge on any atom is 0.131 e. The molecule has 52 valence electrons. The van der Waals surface area contributed by atoms with Crippen LogP contribution >= 0.6 is 0 Å². The number of carboxylic acid groups (broad SMARTS) is 1. The van der Waals surface area contributed by atoms with E-state index in [0.29, 0.717) is 0 Å².